The Labute approximate surface area is 74.4 Å². The lowest BCUT2D eigenvalue weighted by Crippen LogP contribution is -2.33. The van der Waals surface area contributed by atoms with Crippen molar-refractivity contribution in [1.82, 2.24) is 4.98 Å². The summed E-state index contributed by atoms with van der Waals surface area (Å²) in [5.41, 5.74) is -1.54. The summed E-state index contributed by atoms with van der Waals surface area (Å²) in [6, 6.07) is 0.0422. The molecule has 0 aliphatic rings. The summed E-state index contributed by atoms with van der Waals surface area (Å²) in [6.45, 7) is 0. The van der Waals surface area contributed by atoms with E-state index in [1.54, 1.807) is 6.20 Å². The van der Waals surface area contributed by atoms with Gasteiger partial charge in [0.15, 0.2) is 5.82 Å². The summed E-state index contributed by atoms with van der Waals surface area (Å²) in [7, 11) is 0. The molecule has 1 aromatic rings. The van der Waals surface area contributed by atoms with Gasteiger partial charge in [-0.15, -0.1) is 0 Å². The minimum atomic E-state index is -5.76. The summed E-state index contributed by atoms with van der Waals surface area (Å²) in [4.78, 5) is 2.78. The van der Waals surface area contributed by atoms with Crippen molar-refractivity contribution < 1.29 is 26.3 Å². The van der Waals surface area contributed by atoms with Gasteiger partial charge >= 0.3 is 12.1 Å². The molecule has 0 aliphatic heterocycles. The zero-order valence-corrected chi connectivity index (χ0v) is 6.37. The molecule has 0 amide bonds. The van der Waals surface area contributed by atoms with E-state index >= 15 is 0 Å². The van der Waals surface area contributed by atoms with Gasteiger partial charge in [-0.05, 0) is 6.07 Å². The third-order valence-corrected chi connectivity index (χ3v) is 1.38. The number of aromatic nitrogens is 1. The molecule has 7 heteroatoms. The van der Waals surface area contributed by atoms with Gasteiger partial charge in [0.2, 0.25) is 0 Å². The Bertz CT molecular complexity index is 331. The molecule has 0 bridgehead atoms. The van der Waals surface area contributed by atoms with Gasteiger partial charge in [0, 0.05) is 6.20 Å². The van der Waals surface area contributed by atoms with E-state index in [1.165, 1.54) is 0 Å². The molecule has 0 fully saturated rings. The third-order valence-electron chi connectivity index (χ3n) is 1.38. The first-order valence-corrected chi connectivity index (χ1v) is 3.23. The molecule has 0 atom stereocenters. The predicted molar refractivity (Wildman–Crippen MR) is 33.0 cm³/mol. The number of alkyl halides is 5. The summed E-state index contributed by atoms with van der Waals surface area (Å²) >= 11 is 0. The number of pyridine rings is 1. The second-order valence-electron chi connectivity index (χ2n) is 2.39. The van der Waals surface area contributed by atoms with Crippen molar-refractivity contribution in [3.8, 4) is 0 Å². The van der Waals surface area contributed by atoms with Gasteiger partial charge in [0.25, 0.3) is 0 Å². The van der Waals surface area contributed by atoms with Gasteiger partial charge in [0.05, 0.1) is 5.56 Å². The summed E-state index contributed by atoms with van der Waals surface area (Å²) in [5, 5.41) is 0. The molecular formula is C7H2F6N. The van der Waals surface area contributed by atoms with Crippen molar-refractivity contribution in [3.05, 3.63) is 29.8 Å². The number of nitrogens with zero attached hydrogens (tertiary/aromatic N) is 1. The van der Waals surface area contributed by atoms with Crippen molar-refractivity contribution in [2.75, 3.05) is 0 Å². The smallest absolute Gasteiger partial charge is 0.251 e. The second-order valence-corrected chi connectivity index (χ2v) is 2.39. The fraction of sp³-hybridized carbons (Fsp3) is 0.286. The number of hydrogen-bond donors (Lipinski definition) is 0. The first kappa shape index (κ1) is 10.8. The summed E-state index contributed by atoms with van der Waals surface area (Å²) in [6.07, 6.45) is -3.96. The fourth-order valence-corrected chi connectivity index (χ4v) is 0.705. The Morgan fingerprint density at radius 2 is 1.71 bits per heavy atom. The van der Waals surface area contributed by atoms with E-state index in [9.17, 15) is 26.3 Å². The molecule has 1 nitrogen and oxygen atoms in total. The van der Waals surface area contributed by atoms with Crippen LogP contribution in [-0.4, -0.2) is 11.2 Å². The molecule has 77 valence electrons. The van der Waals surface area contributed by atoms with Crippen molar-refractivity contribution in [3.63, 3.8) is 0 Å². The predicted octanol–water partition coefficient (Wildman–Crippen LogP) is 2.67. The average molecular weight is 214 g/mol. The van der Waals surface area contributed by atoms with E-state index in [4.69, 9.17) is 0 Å². The Morgan fingerprint density at radius 1 is 1.14 bits per heavy atom. The molecule has 1 heterocycles. The minimum absolute atomic E-state index is 0.0422. The highest BCUT2D eigenvalue weighted by atomic mass is 19.4. The maximum absolute atomic E-state index is 12.5. The van der Waals surface area contributed by atoms with Crippen LogP contribution in [-0.2, 0) is 5.92 Å². The molecule has 1 radical (unpaired) electrons. The van der Waals surface area contributed by atoms with Crippen molar-refractivity contribution in [2.45, 2.75) is 12.1 Å². The first-order chi connectivity index (χ1) is 6.25. The standard InChI is InChI=1S/C7H2F6N/c8-5-1-4(2-14-3-5)6(9,10)7(11,12)13/h1-2H. The number of rotatable bonds is 1. The lowest BCUT2D eigenvalue weighted by molar-refractivity contribution is -0.289. The maximum atomic E-state index is 12.5. The molecule has 1 aromatic heterocycles. The van der Waals surface area contributed by atoms with Crippen LogP contribution in [0.15, 0.2) is 12.3 Å². The lowest BCUT2D eigenvalue weighted by Gasteiger charge is -2.19. The Morgan fingerprint density at radius 3 is 2.14 bits per heavy atom. The SMILES string of the molecule is Fc1[c]ncc(C(F)(F)C(F)(F)F)c1. The van der Waals surface area contributed by atoms with E-state index < -0.39 is 23.5 Å². The van der Waals surface area contributed by atoms with Crippen LogP contribution in [0.4, 0.5) is 26.3 Å². The van der Waals surface area contributed by atoms with Crippen LogP contribution in [0.2, 0.25) is 0 Å². The van der Waals surface area contributed by atoms with E-state index in [2.05, 4.69) is 4.98 Å². The molecule has 0 saturated heterocycles. The van der Waals surface area contributed by atoms with E-state index in [0.29, 0.717) is 0 Å². The van der Waals surface area contributed by atoms with Crippen LogP contribution in [0.1, 0.15) is 5.56 Å². The van der Waals surface area contributed by atoms with Crippen LogP contribution in [0.5, 0.6) is 0 Å². The van der Waals surface area contributed by atoms with E-state index in [0.717, 1.165) is 0 Å². The first-order valence-electron chi connectivity index (χ1n) is 3.23. The van der Waals surface area contributed by atoms with Gasteiger partial charge in [-0.1, -0.05) is 0 Å². The Balaban J connectivity index is 3.16. The Hall–Kier alpha value is -1.27. The molecule has 0 saturated carbocycles. The van der Waals surface area contributed by atoms with Crippen molar-refractivity contribution in [1.29, 1.82) is 0 Å². The highest BCUT2D eigenvalue weighted by Crippen LogP contribution is 2.43. The normalized spacial score (nSPS) is 13.0. The number of hydrogen-bond acceptors (Lipinski definition) is 1. The zero-order chi connectivity index (χ0) is 11.0. The lowest BCUT2D eigenvalue weighted by atomic mass is 10.1. The minimum Gasteiger partial charge on any atom is -0.251 e. The molecule has 0 spiro atoms. The molecule has 1 rings (SSSR count). The number of halogens is 6. The monoisotopic (exact) mass is 214 g/mol. The van der Waals surface area contributed by atoms with Crippen LogP contribution >= 0.6 is 0 Å². The van der Waals surface area contributed by atoms with Gasteiger partial charge in [-0.25, -0.2) is 4.39 Å². The van der Waals surface area contributed by atoms with Gasteiger partial charge < -0.3 is 0 Å². The molecular weight excluding hydrogens is 212 g/mol. The second kappa shape index (κ2) is 3.14. The molecule has 14 heavy (non-hydrogen) atoms. The molecule has 0 unspecified atom stereocenters. The quantitative estimate of drug-likeness (QED) is 0.655. The van der Waals surface area contributed by atoms with Gasteiger partial charge in [-0.3, -0.25) is 4.98 Å². The van der Waals surface area contributed by atoms with Gasteiger partial charge in [0.1, 0.15) is 6.20 Å². The van der Waals surface area contributed by atoms with E-state index in [-0.39, 0.29) is 12.3 Å². The molecule has 0 N–H and O–H groups in total. The van der Waals surface area contributed by atoms with Gasteiger partial charge in [-0.2, -0.15) is 22.0 Å². The van der Waals surface area contributed by atoms with Crippen LogP contribution in [0.25, 0.3) is 0 Å². The highest BCUT2D eigenvalue weighted by molar-refractivity contribution is 5.17. The Kier molecular flexibility index (Phi) is 2.43. The average Bonchev–Trinajstić information content (AvgIpc) is 2.02. The molecule has 0 aliphatic carbocycles. The van der Waals surface area contributed by atoms with Crippen molar-refractivity contribution in [2.24, 2.45) is 0 Å². The summed E-state index contributed by atoms with van der Waals surface area (Å²) < 4.78 is 72.5. The highest BCUT2D eigenvalue weighted by Gasteiger charge is 2.59. The van der Waals surface area contributed by atoms with Crippen LogP contribution in [0.3, 0.4) is 0 Å². The maximum Gasteiger partial charge on any atom is 0.458 e. The topological polar surface area (TPSA) is 12.9 Å². The molecule has 0 aromatic carbocycles. The van der Waals surface area contributed by atoms with Crippen LogP contribution < -0.4 is 0 Å². The largest absolute Gasteiger partial charge is 0.458 e. The zero-order valence-electron chi connectivity index (χ0n) is 6.37. The van der Waals surface area contributed by atoms with E-state index in [1.807, 2.05) is 0 Å². The van der Waals surface area contributed by atoms with Crippen molar-refractivity contribution >= 4 is 0 Å². The summed E-state index contributed by atoms with van der Waals surface area (Å²) in [5.74, 6) is -6.47. The third kappa shape index (κ3) is 1.80. The van der Waals surface area contributed by atoms with Crippen LogP contribution in [0, 0.1) is 12.0 Å². The fourth-order valence-electron chi connectivity index (χ4n) is 0.705.